The lowest BCUT2D eigenvalue weighted by molar-refractivity contribution is 0.474. The highest BCUT2D eigenvalue weighted by Gasteiger charge is 2.20. The molecule has 158 valence electrons. The molecule has 0 radical (unpaired) electrons. The SMILES string of the molecule is O=c1c(Cc2ccc(O)cc2)nc2c(Cc3ccccc3)[nH]c(-c3cccc(O)c3)cn1-2. The highest BCUT2D eigenvalue weighted by molar-refractivity contribution is 5.62. The van der Waals surface area contributed by atoms with Gasteiger partial charge in [0, 0.05) is 24.6 Å². The largest absolute Gasteiger partial charge is 0.508 e. The van der Waals surface area contributed by atoms with Crippen LogP contribution in [0.3, 0.4) is 0 Å². The summed E-state index contributed by atoms with van der Waals surface area (Å²) in [6.45, 7) is 0. The lowest BCUT2D eigenvalue weighted by atomic mass is 10.1. The first-order valence-corrected chi connectivity index (χ1v) is 10.3. The maximum Gasteiger partial charge on any atom is 0.278 e. The van der Waals surface area contributed by atoms with Crippen LogP contribution in [0.2, 0.25) is 0 Å². The number of hydrogen-bond acceptors (Lipinski definition) is 4. The van der Waals surface area contributed by atoms with Crippen molar-refractivity contribution in [2.45, 2.75) is 12.8 Å². The number of nitrogens with zero attached hydrogens (tertiary/aromatic N) is 2. The van der Waals surface area contributed by atoms with Gasteiger partial charge in [0.25, 0.3) is 5.56 Å². The Morgan fingerprint density at radius 3 is 2.31 bits per heavy atom. The first-order chi connectivity index (χ1) is 15.6. The Labute approximate surface area is 184 Å². The third kappa shape index (κ3) is 3.86. The number of rotatable bonds is 5. The van der Waals surface area contributed by atoms with Gasteiger partial charge in [0.2, 0.25) is 0 Å². The molecule has 3 aromatic carbocycles. The predicted octanol–water partition coefficient (Wildman–Crippen LogP) is 4.26. The summed E-state index contributed by atoms with van der Waals surface area (Å²) in [6.07, 6.45) is 2.67. The first kappa shape index (κ1) is 19.6. The standard InChI is InChI=1S/C26H21N3O3/c30-20-11-9-18(10-12-20)14-23-26(32)29-16-24(19-7-4-8-21(31)15-19)27-22(25(29)28-23)13-17-5-2-1-3-6-17/h1-12,15-16,27,30-31H,13-14H2. The van der Waals surface area contributed by atoms with Crippen molar-refractivity contribution in [3.8, 4) is 28.6 Å². The van der Waals surface area contributed by atoms with Crippen molar-refractivity contribution >= 4 is 0 Å². The van der Waals surface area contributed by atoms with Gasteiger partial charge in [0.1, 0.15) is 17.2 Å². The van der Waals surface area contributed by atoms with E-state index in [-0.39, 0.29) is 17.1 Å². The number of aromatic hydroxyl groups is 2. The van der Waals surface area contributed by atoms with Gasteiger partial charge in [-0.2, -0.15) is 0 Å². The van der Waals surface area contributed by atoms with Crippen molar-refractivity contribution < 1.29 is 10.2 Å². The Morgan fingerprint density at radius 2 is 1.56 bits per heavy atom. The molecule has 32 heavy (non-hydrogen) atoms. The molecule has 0 unspecified atom stereocenters. The molecule has 2 aliphatic rings. The lowest BCUT2D eigenvalue weighted by Gasteiger charge is -2.13. The fourth-order valence-electron chi connectivity index (χ4n) is 3.84. The lowest BCUT2D eigenvalue weighted by Crippen LogP contribution is -2.17. The summed E-state index contributed by atoms with van der Waals surface area (Å²) in [6, 6.07) is 23.7. The van der Waals surface area contributed by atoms with E-state index in [0.29, 0.717) is 30.0 Å². The molecular weight excluding hydrogens is 402 g/mol. The van der Waals surface area contributed by atoms with Crippen LogP contribution in [-0.4, -0.2) is 24.7 Å². The molecule has 0 amide bonds. The Morgan fingerprint density at radius 1 is 0.812 bits per heavy atom. The predicted molar refractivity (Wildman–Crippen MR) is 123 cm³/mol. The first-order valence-electron chi connectivity index (χ1n) is 10.3. The van der Waals surface area contributed by atoms with E-state index in [2.05, 4.69) is 9.97 Å². The zero-order valence-electron chi connectivity index (χ0n) is 17.2. The Balaban J connectivity index is 1.64. The molecular formula is C26H21N3O3. The third-order valence-electron chi connectivity index (χ3n) is 5.44. The van der Waals surface area contributed by atoms with E-state index in [1.165, 1.54) is 0 Å². The average Bonchev–Trinajstić information content (AvgIpc) is 3.12. The number of imidazole rings is 1. The maximum absolute atomic E-state index is 13.2. The molecule has 3 N–H and O–H groups in total. The molecule has 6 heteroatoms. The number of hydrogen-bond donors (Lipinski definition) is 3. The average molecular weight is 423 g/mol. The quantitative estimate of drug-likeness (QED) is 0.394. The second kappa shape index (κ2) is 8.07. The molecule has 0 aliphatic carbocycles. The Hall–Kier alpha value is -4.32. The van der Waals surface area contributed by atoms with E-state index in [0.717, 1.165) is 22.4 Å². The Bertz CT molecular complexity index is 1400. The summed E-state index contributed by atoms with van der Waals surface area (Å²) in [5.74, 6) is 0.916. The van der Waals surface area contributed by atoms with Crippen molar-refractivity contribution in [2.75, 3.05) is 0 Å². The van der Waals surface area contributed by atoms with Crippen LogP contribution in [0.4, 0.5) is 0 Å². The normalized spacial score (nSPS) is 11.1. The van der Waals surface area contributed by atoms with Gasteiger partial charge in [-0.05, 0) is 35.4 Å². The zero-order chi connectivity index (χ0) is 22.1. The molecule has 6 nitrogen and oxygen atoms in total. The fraction of sp³-hybridized carbons (Fsp3) is 0.0769. The molecule has 0 spiro atoms. The summed E-state index contributed by atoms with van der Waals surface area (Å²) in [4.78, 5) is 21.4. The van der Waals surface area contributed by atoms with Gasteiger partial charge in [-0.25, -0.2) is 4.98 Å². The van der Waals surface area contributed by atoms with Crippen LogP contribution in [0.5, 0.6) is 11.5 Å². The molecule has 0 saturated carbocycles. The van der Waals surface area contributed by atoms with Gasteiger partial charge in [0.05, 0.1) is 11.4 Å². The van der Waals surface area contributed by atoms with Crippen molar-refractivity contribution in [1.29, 1.82) is 0 Å². The number of benzene rings is 3. The minimum atomic E-state index is -0.183. The van der Waals surface area contributed by atoms with E-state index in [1.54, 1.807) is 53.2 Å². The van der Waals surface area contributed by atoms with E-state index < -0.39 is 0 Å². The van der Waals surface area contributed by atoms with Gasteiger partial charge in [-0.3, -0.25) is 9.36 Å². The number of H-pyrrole nitrogens is 1. The van der Waals surface area contributed by atoms with E-state index in [1.807, 2.05) is 36.4 Å². The summed E-state index contributed by atoms with van der Waals surface area (Å²) in [5.41, 5.74) is 4.54. The second-order valence-corrected chi connectivity index (χ2v) is 7.76. The summed E-state index contributed by atoms with van der Waals surface area (Å²) < 4.78 is 1.57. The number of fused-ring (bicyclic) bond motifs is 1. The molecule has 0 atom stereocenters. The van der Waals surface area contributed by atoms with Crippen LogP contribution >= 0.6 is 0 Å². The van der Waals surface area contributed by atoms with Crippen molar-refractivity contribution in [1.82, 2.24) is 14.5 Å². The van der Waals surface area contributed by atoms with Crippen LogP contribution in [0.1, 0.15) is 22.5 Å². The minimum absolute atomic E-state index is 0.154. The van der Waals surface area contributed by atoms with Crippen LogP contribution in [-0.2, 0) is 12.8 Å². The van der Waals surface area contributed by atoms with E-state index in [9.17, 15) is 15.0 Å². The molecule has 0 bridgehead atoms. The maximum atomic E-state index is 13.2. The Kier molecular flexibility index (Phi) is 4.95. The number of phenolic OH excluding ortho intramolecular Hbond substituents is 2. The van der Waals surface area contributed by atoms with Gasteiger partial charge in [0.15, 0.2) is 5.82 Å². The third-order valence-corrected chi connectivity index (χ3v) is 5.44. The van der Waals surface area contributed by atoms with Crippen molar-refractivity contribution in [2.24, 2.45) is 0 Å². The molecule has 3 aromatic rings. The molecule has 0 aromatic heterocycles. The van der Waals surface area contributed by atoms with Crippen LogP contribution in [0.25, 0.3) is 17.1 Å². The number of aromatic nitrogens is 3. The molecule has 2 aliphatic heterocycles. The monoisotopic (exact) mass is 423 g/mol. The molecule has 5 rings (SSSR count). The van der Waals surface area contributed by atoms with Crippen molar-refractivity contribution in [3.63, 3.8) is 0 Å². The summed E-state index contributed by atoms with van der Waals surface area (Å²) in [5, 5.41) is 19.4. The van der Waals surface area contributed by atoms with Crippen LogP contribution in [0, 0.1) is 0 Å². The number of phenols is 2. The van der Waals surface area contributed by atoms with Gasteiger partial charge in [-0.1, -0.05) is 54.6 Å². The van der Waals surface area contributed by atoms with Crippen molar-refractivity contribution in [3.05, 3.63) is 118 Å². The van der Waals surface area contributed by atoms with E-state index in [4.69, 9.17) is 0 Å². The smallest absolute Gasteiger partial charge is 0.278 e. The minimum Gasteiger partial charge on any atom is -0.508 e. The molecule has 0 fully saturated rings. The van der Waals surface area contributed by atoms with Crippen LogP contribution in [0.15, 0.2) is 89.9 Å². The molecule has 2 heterocycles. The topological polar surface area (TPSA) is 91.1 Å². The second-order valence-electron chi connectivity index (χ2n) is 7.76. The highest BCUT2D eigenvalue weighted by Crippen LogP contribution is 2.26. The van der Waals surface area contributed by atoms with Gasteiger partial charge in [-0.15, -0.1) is 0 Å². The molecule has 0 saturated heterocycles. The van der Waals surface area contributed by atoms with Gasteiger partial charge >= 0.3 is 0 Å². The van der Waals surface area contributed by atoms with E-state index >= 15 is 0 Å². The number of aromatic amines is 1. The summed E-state index contributed by atoms with van der Waals surface area (Å²) >= 11 is 0. The zero-order valence-corrected chi connectivity index (χ0v) is 17.2. The van der Waals surface area contributed by atoms with Crippen LogP contribution < -0.4 is 5.56 Å². The highest BCUT2D eigenvalue weighted by atomic mass is 16.3. The summed E-state index contributed by atoms with van der Waals surface area (Å²) in [7, 11) is 0. The fourth-order valence-corrected chi connectivity index (χ4v) is 3.84. The number of nitrogens with one attached hydrogen (secondary N) is 1. The van der Waals surface area contributed by atoms with Gasteiger partial charge < -0.3 is 15.2 Å².